The largest absolute Gasteiger partial charge is 0.484 e. The molecule has 152 valence electrons. The van der Waals surface area contributed by atoms with Gasteiger partial charge in [0.05, 0.1) is 5.75 Å². The van der Waals surface area contributed by atoms with Crippen LogP contribution in [0.4, 0.5) is 4.39 Å². The van der Waals surface area contributed by atoms with Gasteiger partial charge >= 0.3 is 0 Å². The maximum absolute atomic E-state index is 12.9. The molecule has 1 aliphatic heterocycles. The summed E-state index contributed by atoms with van der Waals surface area (Å²) in [6.45, 7) is 0.810. The van der Waals surface area contributed by atoms with Crippen molar-refractivity contribution in [2.24, 2.45) is 0 Å². The maximum Gasteiger partial charge on any atom is 0.264 e. The highest BCUT2D eigenvalue weighted by Crippen LogP contribution is 2.28. The topological polar surface area (TPSA) is 85.5 Å². The third-order valence-corrected chi connectivity index (χ3v) is 6.58. The molecule has 1 aromatic heterocycles. The van der Waals surface area contributed by atoms with Gasteiger partial charge in [-0.3, -0.25) is 0 Å². The van der Waals surface area contributed by atoms with Gasteiger partial charge in [-0.05, 0) is 36.2 Å². The molecular weight excluding hydrogens is 397 g/mol. The molecule has 0 radical (unpaired) electrons. The number of rotatable bonds is 7. The summed E-state index contributed by atoms with van der Waals surface area (Å²) in [4.78, 5) is 4.33. The van der Waals surface area contributed by atoms with E-state index in [1.807, 2.05) is 18.2 Å². The fraction of sp³-hybridized carbons (Fsp3) is 0.300. The lowest BCUT2D eigenvalue weighted by Crippen LogP contribution is -2.29. The number of aromatic nitrogens is 2. The zero-order chi connectivity index (χ0) is 20.3. The van der Waals surface area contributed by atoms with Gasteiger partial charge in [0.1, 0.15) is 11.6 Å². The van der Waals surface area contributed by atoms with Gasteiger partial charge in [0.2, 0.25) is 10.0 Å². The molecule has 0 amide bonds. The van der Waals surface area contributed by atoms with Crippen LogP contribution in [0.5, 0.6) is 5.75 Å². The normalized spacial score (nSPS) is 17.5. The zero-order valence-corrected chi connectivity index (χ0v) is 16.4. The van der Waals surface area contributed by atoms with Crippen LogP contribution in [0.15, 0.2) is 59.1 Å². The van der Waals surface area contributed by atoms with Gasteiger partial charge in [-0.25, -0.2) is 17.1 Å². The van der Waals surface area contributed by atoms with Gasteiger partial charge in [-0.15, -0.1) is 0 Å². The lowest BCUT2D eigenvalue weighted by molar-refractivity contribution is 0.242. The van der Waals surface area contributed by atoms with E-state index in [9.17, 15) is 12.8 Å². The van der Waals surface area contributed by atoms with Gasteiger partial charge in [0, 0.05) is 19.0 Å². The number of hydrogen-bond donors (Lipinski definition) is 0. The SMILES string of the molecule is O=S(=O)(Cc1ccccc1)N1CCC(c2noc(COc3ccc(F)cc3)n2)C1. The summed E-state index contributed by atoms with van der Waals surface area (Å²) in [7, 11) is -3.41. The van der Waals surface area contributed by atoms with E-state index in [4.69, 9.17) is 9.26 Å². The first-order valence-electron chi connectivity index (χ1n) is 9.22. The Hall–Kier alpha value is -2.78. The van der Waals surface area contributed by atoms with Gasteiger partial charge in [0.15, 0.2) is 12.4 Å². The molecule has 0 bridgehead atoms. The molecule has 4 rings (SSSR count). The minimum Gasteiger partial charge on any atom is -0.484 e. The van der Waals surface area contributed by atoms with E-state index in [2.05, 4.69) is 10.1 Å². The Morgan fingerprint density at radius 3 is 2.66 bits per heavy atom. The highest BCUT2D eigenvalue weighted by atomic mass is 32.2. The molecule has 2 aromatic carbocycles. The molecule has 0 N–H and O–H groups in total. The van der Waals surface area contributed by atoms with Crippen molar-refractivity contribution in [2.75, 3.05) is 13.1 Å². The minimum atomic E-state index is -3.41. The van der Waals surface area contributed by atoms with E-state index in [-0.39, 0.29) is 30.0 Å². The maximum atomic E-state index is 12.9. The molecule has 0 saturated carbocycles. The van der Waals surface area contributed by atoms with Crippen LogP contribution < -0.4 is 4.74 Å². The van der Waals surface area contributed by atoms with Crippen molar-refractivity contribution in [3.05, 3.63) is 77.7 Å². The van der Waals surface area contributed by atoms with E-state index in [1.165, 1.54) is 28.6 Å². The number of hydrogen-bond acceptors (Lipinski definition) is 6. The quantitative estimate of drug-likeness (QED) is 0.587. The fourth-order valence-corrected chi connectivity index (χ4v) is 4.82. The van der Waals surface area contributed by atoms with Crippen molar-refractivity contribution in [2.45, 2.75) is 24.7 Å². The molecule has 1 atom stereocenters. The van der Waals surface area contributed by atoms with Crippen LogP contribution in [0.25, 0.3) is 0 Å². The van der Waals surface area contributed by atoms with Crippen LogP contribution in [0.2, 0.25) is 0 Å². The Bertz CT molecular complexity index is 1050. The predicted molar refractivity (Wildman–Crippen MR) is 103 cm³/mol. The Morgan fingerprint density at radius 1 is 1.14 bits per heavy atom. The third kappa shape index (κ3) is 4.80. The molecular formula is C20H20FN3O4S. The Labute approximate surface area is 168 Å². The first-order valence-corrected chi connectivity index (χ1v) is 10.8. The van der Waals surface area contributed by atoms with Crippen molar-refractivity contribution in [1.29, 1.82) is 0 Å². The van der Waals surface area contributed by atoms with Gasteiger partial charge in [-0.2, -0.15) is 4.98 Å². The summed E-state index contributed by atoms with van der Waals surface area (Å²) in [5.74, 6) is 0.762. The molecule has 1 saturated heterocycles. The monoisotopic (exact) mass is 417 g/mol. The Balaban J connectivity index is 1.35. The highest BCUT2D eigenvalue weighted by molar-refractivity contribution is 7.88. The second-order valence-corrected chi connectivity index (χ2v) is 8.84. The second-order valence-electron chi connectivity index (χ2n) is 6.87. The van der Waals surface area contributed by atoms with Crippen molar-refractivity contribution >= 4 is 10.0 Å². The number of nitrogens with zero attached hydrogens (tertiary/aromatic N) is 3. The summed E-state index contributed by atoms with van der Waals surface area (Å²) in [6.07, 6.45) is 0.631. The van der Waals surface area contributed by atoms with Crippen LogP contribution in [0, 0.1) is 5.82 Å². The van der Waals surface area contributed by atoms with Crippen molar-refractivity contribution < 1.29 is 22.1 Å². The summed E-state index contributed by atoms with van der Waals surface area (Å²) in [5.41, 5.74) is 0.760. The molecule has 1 unspecified atom stereocenters. The van der Waals surface area contributed by atoms with E-state index in [0.717, 1.165) is 5.56 Å². The van der Waals surface area contributed by atoms with Crippen LogP contribution in [0.3, 0.4) is 0 Å². The summed E-state index contributed by atoms with van der Waals surface area (Å²) in [5, 5.41) is 3.98. The first kappa shape index (κ1) is 19.5. The molecule has 3 aromatic rings. The molecule has 0 spiro atoms. The average molecular weight is 417 g/mol. The number of sulfonamides is 1. The van der Waals surface area contributed by atoms with Crippen LogP contribution in [0.1, 0.15) is 29.6 Å². The minimum absolute atomic E-state index is 0.0242. The van der Waals surface area contributed by atoms with E-state index in [0.29, 0.717) is 31.1 Å². The molecule has 1 aliphatic rings. The summed E-state index contributed by atoms with van der Waals surface area (Å²) >= 11 is 0. The third-order valence-electron chi connectivity index (χ3n) is 4.76. The second kappa shape index (κ2) is 8.30. The van der Waals surface area contributed by atoms with Crippen molar-refractivity contribution in [3.63, 3.8) is 0 Å². The fourth-order valence-electron chi connectivity index (χ4n) is 3.24. The Kier molecular flexibility index (Phi) is 5.59. The van der Waals surface area contributed by atoms with E-state index >= 15 is 0 Å². The number of benzene rings is 2. The first-order chi connectivity index (χ1) is 14.0. The summed E-state index contributed by atoms with van der Waals surface area (Å²) < 4.78 is 50.5. The van der Waals surface area contributed by atoms with Crippen molar-refractivity contribution in [3.8, 4) is 5.75 Å². The smallest absolute Gasteiger partial charge is 0.264 e. The van der Waals surface area contributed by atoms with Gasteiger partial charge in [0.25, 0.3) is 5.89 Å². The van der Waals surface area contributed by atoms with Crippen molar-refractivity contribution in [1.82, 2.24) is 14.4 Å². The molecule has 2 heterocycles. The standard InChI is InChI=1S/C20H20FN3O4S/c21-17-6-8-18(9-7-17)27-13-19-22-20(23-28-19)16-10-11-24(12-16)29(25,26)14-15-4-2-1-3-5-15/h1-9,16H,10-14H2. The molecule has 7 nitrogen and oxygen atoms in total. The predicted octanol–water partition coefficient (Wildman–Crippen LogP) is 3.11. The van der Waals surface area contributed by atoms with Crippen LogP contribution >= 0.6 is 0 Å². The molecule has 29 heavy (non-hydrogen) atoms. The molecule has 1 fully saturated rings. The van der Waals surface area contributed by atoms with Crippen LogP contribution in [-0.2, 0) is 22.4 Å². The lowest BCUT2D eigenvalue weighted by Gasteiger charge is -2.16. The molecule has 0 aliphatic carbocycles. The number of halogens is 1. The van der Waals surface area contributed by atoms with E-state index < -0.39 is 10.0 Å². The Morgan fingerprint density at radius 2 is 1.90 bits per heavy atom. The average Bonchev–Trinajstić information content (AvgIpc) is 3.38. The van der Waals surface area contributed by atoms with Crippen LogP contribution in [-0.4, -0.2) is 36.0 Å². The van der Waals surface area contributed by atoms with Gasteiger partial charge < -0.3 is 9.26 Å². The summed E-state index contributed by atoms with van der Waals surface area (Å²) in [6, 6.07) is 14.7. The lowest BCUT2D eigenvalue weighted by atomic mass is 10.1. The number of ether oxygens (including phenoxy) is 1. The molecule has 9 heteroatoms. The zero-order valence-electron chi connectivity index (χ0n) is 15.6. The van der Waals surface area contributed by atoms with E-state index in [1.54, 1.807) is 12.1 Å². The highest BCUT2D eigenvalue weighted by Gasteiger charge is 2.34. The van der Waals surface area contributed by atoms with Gasteiger partial charge in [-0.1, -0.05) is 35.5 Å².